The molecule has 0 unspecified atom stereocenters. The fraction of sp³-hybridized carbons (Fsp3) is 0.583. The van der Waals surface area contributed by atoms with Gasteiger partial charge in [-0.1, -0.05) is 13.0 Å². The van der Waals surface area contributed by atoms with Crippen molar-refractivity contribution in [3.63, 3.8) is 0 Å². The van der Waals surface area contributed by atoms with Crippen LogP contribution in [-0.2, 0) is 0 Å². The molecule has 0 atom stereocenters. The molecule has 0 aliphatic heterocycles. The lowest BCUT2D eigenvalue weighted by molar-refractivity contribution is 0.0851. The van der Waals surface area contributed by atoms with Crippen molar-refractivity contribution in [1.82, 2.24) is 4.90 Å². The van der Waals surface area contributed by atoms with Gasteiger partial charge in [0, 0.05) is 5.54 Å². The van der Waals surface area contributed by atoms with Crippen LogP contribution in [0.4, 0.5) is 0 Å². The molecule has 3 heteroatoms. The predicted octanol–water partition coefficient (Wildman–Crippen LogP) is 3.05. The van der Waals surface area contributed by atoms with Gasteiger partial charge in [-0.3, -0.25) is 9.69 Å². The molecule has 0 N–H and O–H groups in total. The van der Waals surface area contributed by atoms with Gasteiger partial charge in [-0.05, 0) is 38.8 Å². The zero-order chi connectivity index (χ0) is 11.5. The molecule has 0 saturated heterocycles. The third-order valence-corrected chi connectivity index (χ3v) is 3.99. The van der Waals surface area contributed by atoms with Crippen LogP contribution >= 0.6 is 11.3 Å². The van der Waals surface area contributed by atoms with Gasteiger partial charge in [0.2, 0.25) is 0 Å². The van der Waals surface area contributed by atoms with E-state index in [-0.39, 0.29) is 11.3 Å². The van der Waals surface area contributed by atoms with Crippen molar-refractivity contribution in [3.8, 4) is 0 Å². The Morgan fingerprint density at radius 3 is 2.67 bits per heavy atom. The Bertz CT molecular complexity index is 316. The molecule has 1 aromatic rings. The van der Waals surface area contributed by atoms with Gasteiger partial charge >= 0.3 is 0 Å². The Morgan fingerprint density at radius 2 is 2.20 bits per heavy atom. The maximum atomic E-state index is 11.8. The third kappa shape index (κ3) is 3.14. The van der Waals surface area contributed by atoms with Gasteiger partial charge in [0.15, 0.2) is 5.78 Å². The molecule has 0 aliphatic rings. The number of thiophene rings is 1. The van der Waals surface area contributed by atoms with Crippen LogP contribution in [0.1, 0.15) is 36.9 Å². The van der Waals surface area contributed by atoms with Crippen molar-refractivity contribution in [3.05, 3.63) is 22.4 Å². The van der Waals surface area contributed by atoms with E-state index in [4.69, 9.17) is 0 Å². The highest BCUT2D eigenvalue weighted by molar-refractivity contribution is 7.12. The summed E-state index contributed by atoms with van der Waals surface area (Å²) in [5.41, 5.74) is 0.0902. The van der Waals surface area contributed by atoms with Gasteiger partial charge in [0.25, 0.3) is 0 Å². The van der Waals surface area contributed by atoms with E-state index in [0.717, 1.165) is 11.3 Å². The Balaban J connectivity index is 2.60. The van der Waals surface area contributed by atoms with E-state index in [9.17, 15) is 4.79 Å². The highest BCUT2D eigenvalue weighted by Gasteiger charge is 2.23. The van der Waals surface area contributed by atoms with E-state index >= 15 is 0 Å². The smallest absolute Gasteiger partial charge is 0.186 e. The van der Waals surface area contributed by atoms with Gasteiger partial charge in [-0.25, -0.2) is 0 Å². The van der Waals surface area contributed by atoms with Crippen LogP contribution in [0.25, 0.3) is 0 Å². The Kier molecular flexibility index (Phi) is 4.05. The molecule has 0 radical (unpaired) electrons. The molecule has 1 heterocycles. The summed E-state index contributed by atoms with van der Waals surface area (Å²) >= 11 is 1.52. The first-order valence-electron chi connectivity index (χ1n) is 5.25. The molecule has 0 fully saturated rings. The molecule has 2 nitrogen and oxygen atoms in total. The first kappa shape index (κ1) is 12.4. The second kappa shape index (κ2) is 4.90. The van der Waals surface area contributed by atoms with Crippen LogP contribution in [0.2, 0.25) is 0 Å². The first-order chi connectivity index (χ1) is 6.97. The lowest BCUT2D eigenvalue weighted by Crippen LogP contribution is -2.43. The number of carbonyl (C=O) groups excluding carboxylic acids is 1. The Morgan fingerprint density at radius 1 is 1.53 bits per heavy atom. The number of nitrogens with zero attached hydrogens (tertiary/aromatic N) is 1. The van der Waals surface area contributed by atoms with Crippen LogP contribution in [0, 0.1) is 0 Å². The normalized spacial score (nSPS) is 12.1. The van der Waals surface area contributed by atoms with Gasteiger partial charge in [-0.2, -0.15) is 0 Å². The second-order valence-corrected chi connectivity index (χ2v) is 5.37. The number of hydrogen-bond acceptors (Lipinski definition) is 3. The highest BCUT2D eigenvalue weighted by atomic mass is 32.1. The summed E-state index contributed by atoms with van der Waals surface area (Å²) in [7, 11) is 2.01. The van der Waals surface area contributed by atoms with Crippen molar-refractivity contribution in [2.45, 2.75) is 32.7 Å². The highest BCUT2D eigenvalue weighted by Crippen LogP contribution is 2.18. The lowest BCUT2D eigenvalue weighted by Gasteiger charge is -2.34. The maximum absolute atomic E-state index is 11.8. The van der Waals surface area contributed by atoms with E-state index in [1.54, 1.807) is 0 Å². The number of rotatable bonds is 5. The van der Waals surface area contributed by atoms with Crippen molar-refractivity contribution < 1.29 is 4.79 Å². The fourth-order valence-corrected chi connectivity index (χ4v) is 1.87. The Labute approximate surface area is 95.9 Å². The average Bonchev–Trinajstić information content (AvgIpc) is 2.70. The van der Waals surface area contributed by atoms with E-state index in [2.05, 4.69) is 25.7 Å². The van der Waals surface area contributed by atoms with Crippen LogP contribution in [0.3, 0.4) is 0 Å². The van der Waals surface area contributed by atoms with Gasteiger partial charge in [0.1, 0.15) is 0 Å². The van der Waals surface area contributed by atoms with Crippen LogP contribution in [0.5, 0.6) is 0 Å². The average molecular weight is 225 g/mol. The van der Waals surface area contributed by atoms with E-state index in [0.29, 0.717) is 6.54 Å². The molecule has 0 saturated carbocycles. The minimum absolute atomic E-state index is 0.0902. The minimum atomic E-state index is 0.0902. The standard InChI is InChI=1S/C12H19NOS/c1-5-12(2,3)13(4)9-10(14)11-7-6-8-15-11/h6-8H,5,9H2,1-4H3. The Hall–Kier alpha value is -0.670. The summed E-state index contributed by atoms with van der Waals surface area (Å²) < 4.78 is 0. The van der Waals surface area contributed by atoms with Crippen LogP contribution in [0.15, 0.2) is 17.5 Å². The molecule has 1 aromatic heterocycles. The molecule has 0 aromatic carbocycles. The SMILES string of the molecule is CCC(C)(C)N(C)CC(=O)c1cccs1. The van der Waals surface area contributed by atoms with Crippen molar-refractivity contribution >= 4 is 17.1 Å². The van der Waals surface area contributed by atoms with E-state index in [1.165, 1.54) is 11.3 Å². The summed E-state index contributed by atoms with van der Waals surface area (Å²) in [6.07, 6.45) is 1.04. The molecule has 15 heavy (non-hydrogen) atoms. The number of Topliss-reactive ketones (excluding diaryl/α,β-unsaturated/α-hetero) is 1. The summed E-state index contributed by atoms with van der Waals surface area (Å²) in [5.74, 6) is 0.217. The molecule has 0 bridgehead atoms. The third-order valence-electron chi connectivity index (χ3n) is 3.08. The number of ketones is 1. The zero-order valence-electron chi connectivity index (χ0n) is 9.91. The summed E-state index contributed by atoms with van der Waals surface area (Å²) in [5, 5.41) is 1.94. The summed E-state index contributed by atoms with van der Waals surface area (Å²) in [6, 6.07) is 3.81. The van der Waals surface area contributed by atoms with Crippen molar-refractivity contribution in [1.29, 1.82) is 0 Å². The summed E-state index contributed by atoms with van der Waals surface area (Å²) in [6.45, 7) is 6.97. The monoisotopic (exact) mass is 225 g/mol. The van der Waals surface area contributed by atoms with Crippen molar-refractivity contribution in [2.24, 2.45) is 0 Å². The number of hydrogen-bond donors (Lipinski definition) is 0. The molecule has 1 rings (SSSR count). The molecule has 0 amide bonds. The van der Waals surface area contributed by atoms with Gasteiger partial charge in [0.05, 0.1) is 11.4 Å². The molecule has 84 valence electrons. The molecular formula is C12H19NOS. The molecule has 0 spiro atoms. The van der Waals surface area contributed by atoms with Crippen molar-refractivity contribution in [2.75, 3.05) is 13.6 Å². The van der Waals surface area contributed by atoms with Gasteiger partial charge < -0.3 is 0 Å². The first-order valence-corrected chi connectivity index (χ1v) is 6.13. The molecular weight excluding hydrogens is 206 g/mol. The lowest BCUT2D eigenvalue weighted by atomic mass is 10.00. The van der Waals surface area contributed by atoms with Crippen LogP contribution < -0.4 is 0 Å². The second-order valence-electron chi connectivity index (χ2n) is 4.42. The van der Waals surface area contributed by atoms with E-state index in [1.807, 2.05) is 24.6 Å². The number of likely N-dealkylation sites (N-methyl/N-ethyl adjacent to an activating group) is 1. The molecule has 0 aliphatic carbocycles. The maximum Gasteiger partial charge on any atom is 0.186 e. The predicted molar refractivity (Wildman–Crippen MR) is 65.6 cm³/mol. The zero-order valence-corrected chi connectivity index (χ0v) is 10.7. The van der Waals surface area contributed by atoms with Crippen LogP contribution in [-0.4, -0.2) is 29.8 Å². The summed E-state index contributed by atoms with van der Waals surface area (Å²) in [4.78, 5) is 14.8. The van der Waals surface area contributed by atoms with E-state index < -0.39 is 0 Å². The topological polar surface area (TPSA) is 20.3 Å². The quantitative estimate of drug-likeness (QED) is 0.718. The largest absolute Gasteiger partial charge is 0.294 e. The fourth-order valence-electron chi connectivity index (χ4n) is 1.21. The minimum Gasteiger partial charge on any atom is -0.294 e. The van der Waals surface area contributed by atoms with Gasteiger partial charge in [-0.15, -0.1) is 11.3 Å². The number of carbonyl (C=O) groups is 1.